The lowest BCUT2D eigenvalue weighted by Crippen LogP contribution is -2.71. The molecule has 340 valence electrons. The van der Waals surface area contributed by atoms with Crippen LogP contribution >= 0.6 is 45.7 Å². The SMILES string of the molecule is COc1ccc(COC(=O)C2=C(I)C(C)S[C@@H]3[C@H](NC(=O)C(=NO[C@H](C(=O)OC(c4ccccc4)c4ccccc4)c4ccc(OC(C)=O)c(OC(C)=O)c4)c4csc(N)n4)C(=O)N23)cc1. The maximum absolute atomic E-state index is 14.5. The third-order valence-electron chi connectivity index (χ3n) is 9.88. The molecular formula is C46H40IN5O12S2. The summed E-state index contributed by atoms with van der Waals surface area (Å²) in [7, 11) is 1.54. The van der Waals surface area contributed by atoms with Crippen LogP contribution in [0.3, 0.4) is 0 Å². The van der Waals surface area contributed by atoms with Crippen LogP contribution in [0.5, 0.6) is 17.2 Å². The molecule has 0 saturated carbocycles. The van der Waals surface area contributed by atoms with E-state index in [9.17, 15) is 28.8 Å². The number of amides is 2. The van der Waals surface area contributed by atoms with E-state index in [4.69, 9.17) is 34.3 Å². The van der Waals surface area contributed by atoms with E-state index >= 15 is 0 Å². The fourth-order valence-corrected chi connectivity index (χ4v) is 9.56. The van der Waals surface area contributed by atoms with Gasteiger partial charge in [0.1, 0.15) is 35.2 Å². The van der Waals surface area contributed by atoms with Gasteiger partial charge in [0.2, 0.25) is 6.10 Å². The number of hydrogen-bond acceptors (Lipinski definition) is 17. The minimum absolute atomic E-state index is 0.0125. The summed E-state index contributed by atoms with van der Waals surface area (Å²) in [6, 6.07) is 27.6. The minimum atomic E-state index is -1.77. The maximum Gasteiger partial charge on any atom is 0.356 e. The van der Waals surface area contributed by atoms with Crippen LogP contribution < -0.4 is 25.3 Å². The molecule has 4 aromatic carbocycles. The van der Waals surface area contributed by atoms with Gasteiger partial charge in [-0.05, 0) is 70.5 Å². The number of nitrogens with zero attached hydrogens (tertiary/aromatic N) is 3. The Kier molecular flexibility index (Phi) is 15.0. The number of thioether (sulfide) groups is 1. The normalized spacial score (nSPS) is 17.2. The number of esters is 4. The number of carbonyl (C=O) groups excluding carboxylic acids is 6. The molecule has 66 heavy (non-hydrogen) atoms. The molecule has 3 N–H and O–H groups in total. The smallest absolute Gasteiger partial charge is 0.356 e. The van der Waals surface area contributed by atoms with Gasteiger partial charge in [0.15, 0.2) is 28.4 Å². The van der Waals surface area contributed by atoms with Crippen LogP contribution in [0.4, 0.5) is 5.13 Å². The Balaban J connectivity index is 1.19. The van der Waals surface area contributed by atoms with Gasteiger partial charge < -0.3 is 39.6 Å². The van der Waals surface area contributed by atoms with Gasteiger partial charge >= 0.3 is 23.9 Å². The molecule has 1 unspecified atom stereocenters. The number of fused-ring (bicyclic) bond motifs is 1. The van der Waals surface area contributed by atoms with Crippen molar-refractivity contribution < 1.29 is 57.3 Å². The number of oxime groups is 1. The molecule has 20 heteroatoms. The molecule has 4 atom stereocenters. The summed E-state index contributed by atoms with van der Waals surface area (Å²) < 4.78 is 28.2. The standard InChI is InChI=1S/C46H40IN5O12S2/c1-24-35(47)38(44(57)60-22-27-15-18-31(59-4)19-16-27)52-42(56)37(43(52)66-24)50-41(55)36(32-23-65-46(48)49-32)51-64-40(30-17-20-33(61-25(2)53)34(21-30)62-26(3)54)45(58)63-39(28-11-7-5-8-12-28)29-13-9-6-10-14-29/h5-21,23-24,37,39-40,43H,22H2,1-4H3,(H2,48,49)(H,50,55)/t24?,37-,40+,43-/m1/s1. The van der Waals surface area contributed by atoms with E-state index in [1.807, 2.05) is 41.6 Å². The van der Waals surface area contributed by atoms with Crippen LogP contribution in [0.25, 0.3) is 0 Å². The number of halogens is 1. The van der Waals surface area contributed by atoms with Gasteiger partial charge in [-0.2, -0.15) is 0 Å². The van der Waals surface area contributed by atoms with Crippen LogP contribution in [0.1, 0.15) is 60.9 Å². The van der Waals surface area contributed by atoms with E-state index < -0.39 is 65.0 Å². The molecule has 7 rings (SSSR count). The Morgan fingerprint density at radius 1 is 0.879 bits per heavy atom. The summed E-state index contributed by atoms with van der Waals surface area (Å²) in [6.45, 7) is 4.10. The third-order valence-corrected chi connectivity index (χ3v) is 13.8. The van der Waals surface area contributed by atoms with E-state index in [1.54, 1.807) is 79.9 Å². The average Bonchev–Trinajstić information content (AvgIpc) is 3.74. The van der Waals surface area contributed by atoms with Crippen molar-refractivity contribution in [2.24, 2.45) is 5.16 Å². The molecule has 0 spiro atoms. The van der Waals surface area contributed by atoms with Gasteiger partial charge in [0, 0.05) is 33.6 Å². The highest BCUT2D eigenvalue weighted by Crippen LogP contribution is 2.46. The Hall–Kier alpha value is -6.78. The van der Waals surface area contributed by atoms with Crippen molar-refractivity contribution in [1.29, 1.82) is 0 Å². The van der Waals surface area contributed by atoms with Crippen LogP contribution in [0.15, 0.2) is 123 Å². The lowest BCUT2D eigenvalue weighted by Gasteiger charge is -2.50. The highest BCUT2D eigenvalue weighted by molar-refractivity contribution is 14.1. The number of benzene rings is 4. The predicted molar refractivity (Wildman–Crippen MR) is 250 cm³/mol. The van der Waals surface area contributed by atoms with Crippen LogP contribution in [0, 0.1) is 0 Å². The van der Waals surface area contributed by atoms with E-state index in [0.29, 0.717) is 26.0 Å². The van der Waals surface area contributed by atoms with Crippen LogP contribution in [0.2, 0.25) is 0 Å². The molecule has 0 radical (unpaired) electrons. The molecule has 5 aromatic rings. The summed E-state index contributed by atoms with van der Waals surface area (Å²) in [5.41, 5.74) is 7.50. The highest BCUT2D eigenvalue weighted by Gasteiger charge is 2.56. The van der Waals surface area contributed by atoms with E-state index in [-0.39, 0.29) is 45.4 Å². The molecule has 1 saturated heterocycles. The summed E-state index contributed by atoms with van der Waals surface area (Å²) in [4.78, 5) is 91.9. The first-order valence-corrected chi connectivity index (χ1v) is 22.9. The molecule has 2 aliphatic heterocycles. The Morgan fingerprint density at radius 2 is 1.52 bits per heavy atom. The van der Waals surface area contributed by atoms with E-state index in [0.717, 1.165) is 25.2 Å². The van der Waals surface area contributed by atoms with Gasteiger partial charge in [0.05, 0.1) is 7.11 Å². The number of nitrogen functional groups attached to an aromatic ring is 1. The molecule has 0 bridgehead atoms. The molecular weight excluding hydrogens is 1010 g/mol. The first kappa shape index (κ1) is 47.2. The average molecular weight is 1050 g/mol. The predicted octanol–water partition coefficient (Wildman–Crippen LogP) is 6.56. The summed E-state index contributed by atoms with van der Waals surface area (Å²) >= 11 is 4.37. The number of nitrogens with one attached hydrogen (secondary N) is 1. The van der Waals surface area contributed by atoms with Crippen molar-refractivity contribution in [2.45, 2.75) is 56.3 Å². The quantitative estimate of drug-likeness (QED) is 0.0267. The Bertz CT molecular complexity index is 2680. The second kappa shape index (κ2) is 21.0. The number of carbonyl (C=O) groups is 6. The molecule has 2 amide bonds. The van der Waals surface area contributed by atoms with Crippen molar-refractivity contribution in [3.8, 4) is 17.2 Å². The summed E-state index contributed by atoms with van der Waals surface area (Å²) in [6.07, 6.45) is -2.72. The Labute approximate surface area is 399 Å². The Morgan fingerprint density at radius 3 is 2.11 bits per heavy atom. The number of aromatic nitrogens is 1. The second-order valence-corrected chi connectivity index (χ2v) is 18.0. The fourth-order valence-electron chi connectivity index (χ4n) is 6.76. The number of thiazole rings is 1. The lowest BCUT2D eigenvalue weighted by molar-refractivity contribution is -0.162. The molecule has 17 nitrogen and oxygen atoms in total. The molecule has 1 fully saturated rings. The highest BCUT2D eigenvalue weighted by atomic mass is 127. The van der Waals surface area contributed by atoms with E-state index in [2.05, 4.69) is 15.5 Å². The molecule has 0 aliphatic carbocycles. The second-order valence-electron chi connectivity index (χ2n) is 14.5. The number of methoxy groups -OCH3 is 1. The van der Waals surface area contributed by atoms with E-state index in [1.165, 1.54) is 40.2 Å². The number of β-lactam (4-membered cyclic amide) rings is 1. The zero-order valence-corrected chi connectivity index (χ0v) is 39.3. The topological polar surface area (TPSA) is 224 Å². The van der Waals surface area contributed by atoms with Crippen molar-refractivity contribution >= 4 is 92.2 Å². The van der Waals surface area contributed by atoms with Gasteiger partial charge in [-0.25, -0.2) is 14.6 Å². The molecule has 2 aliphatic rings. The zero-order valence-electron chi connectivity index (χ0n) is 35.5. The van der Waals surface area contributed by atoms with Crippen LogP contribution in [-0.4, -0.2) is 75.1 Å². The fraction of sp³-hybridized carbons (Fsp3) is 0.217. The minimum Gasteiger partial charge on any atom is -0.497 e. The lowest BCUT2D eigenvalue weighted by atomic mass is 10.0. The first-order valence-electron chi connectivity index (χ1n) is 20.0. The largest absolute Gasteiger partial charge is 0.497 e. The van der Waals surface area contributed by atoms with Gasteiger partial charge in [-0.3, -0.25) is 24.1 Å². The number of anilines is 1. The maximum atomic E-state index is 14.5. The van der Waals surface area contributed by atoms with Crippen LogP contribution in [-0.2, 0) is 49.7 Å². The van der Waals surface area contributed by atoms with Crippen molar-refractivity contribution in [3.05, 3.63) is 146 Å². The summed E-state index contributed by atoms with van der Waals surface area (Å²) in [5.74, 6) is -4.40. The molecule has 1 aromatic heterocycles. The van der Waals surface area contributed by atoms with Gasteiger partial charge in [0.25, 0.3) is 11.8 Å². The zero-order chi connectivity index (χ0) is 47.1. The molecule has 3 heterocycles. The van der Waals surface area contributed by atoms with Crippen molar-refractivity contribution in [1.82, 2.24) is 15.2 Å². The van der Waals surface area contributed by atoms with Gasteiger partial charge in [-0.15, -0.1) is 23.1 Å². The number of ether oxygens (including phenoxy) is 5. The third kappa shape index (κ3) is 10.8. The monoisotopic (exact) mass is 1050 g/mol. The summed E-state index contributed by atoms with van der Waals surface area (Å²) in [5, 5.41) is 7.41. The number of nitrogens with two attached hydrogens (primary N) is 1. The van der Waals surface area contributed by atoms with Crippen molar-refractivity contribution in [2.75, 3.05) is 12.8 Å². The van der Waals surface area contributed by atoms with Crippen molar-refractivity contribution in [3.63, 3.8) is 0 Å². The number of rotatable bonds is 16. The number of hydrogen-bond donors (Lipinski definition) is 2. The van der Waals surface area contributed by atoms with Gasteiger partial charge in [-0.1, -0.05) is 84.0 Å². The first-order chi connectivity index (χ1) is 31.7.